The molecule has 0 saturated carbocycles. The minimum atomic E-state index is -1.62. The number of aliphatic hydroxyl groups is 5. The number of rotatable bonds is 47. The minimum absolute atomic E-state index is 0.109. The van der Waals surface area contributed by atoms with Gasteiger partial charge in [0, 0.05) is 6.42 Å². The molecule has 0 aromatic heterocycles. The van der Waals surface area contributed by atoms with Gasteiger partial charge < -0.3 is 45.1 Å². The molecule has 0 aromatic carbocycles. The maximum absolute atomic E-state index is 13.4. The van der Waals surface area contributed by atoms with Gasteiger partial charge in [-0.3, -0.25) is 9.59 Å². The molecule has 1 aliphatic heterocycles. The Hall–Kier alpha value is -2.90. The van der Waals surface area contributed by atoms with Crippen molar-refractivity contribution in [1.29, 1.82) is 0 Å². The fourth-order valence-corrected chi connectivity index (χ4v) is 8.52. The second kappa shape index (κ2) is 48.1. The van der Waals surface area contributed by atoms with E-state index in [0.29, 0.717) is 12.8 Å². The van der Waals surface area contributed by atoms with Gasteiger partial charge >= 0.3 is 5.97 Å². The number of allylic oxidation sites excluding steroid dienone is 11. The van der Waals surface area contributed by atoms with Gasteiger partial charge in [0.25, 0.3) is 0 Å². The predicted molar refractivity (Wildman–Crippen MR) is 292 cm³/mol. The van der Waals surface area contributed by atoms with Crippen molar-refractivity contribution in [2.24, 2.45) is 0 Å². The van der Waals surface area contributed by atoms with Crippen LogP contribution in [0.4, 0.5) is 0 Å². The monoisotopic (exact) mass is 1000 g/mol. The van der Waals surface area contributed by atoms with E-state index in [1.165, 1.54) is 77.0 Å². The van der Waals surface area contributed by atoms with Crippen molar-refractivity contribution in [3.63, 3.8) is 0 Å². The normalized spacial score (nSPS) is 20.1. The molecule has 0 aliphatic carbocycles. The van der Waals surface area contributed by atoms with Crippen molar-refractivity contribution in [2.45, 2.75) is 282 Å². The van der Waals surface area contributed by atoms with E-state index < -0.39 is 67.4 Å². The van der Waals surface area contributed by atoms with Crippen LogP contribution in [0.15, 0.2) is 72.9 Å². The third-order valence-electron chi connectivity index (χ3n) is 13.1. The highest BCUT2D eigenvalue weighted by molar-refractivity contribution is 5.80. The van der Waals surface area contributed by atoms with Gasteiger partial charge in [0.15, 0.2) is 12.4 Å². The first-order valence-corrected chi connectivity index (χ1v) is 28.7. The van der Waals surface area contributed by atoms with E-state index in [1.54, 1.807) is 6.08 Å². The Kier molecular flexibility index (Phi) is 44.8. The lowest BCUT2D eigenvalue weighted by Gasteiger charge is -2.41. The van der Waals surface area contributed by atoms with Crippen molar-refractivity contribution >= 4 is 11.9 Å². The maximum atomic E-state index is 13.4. The zero-order chi connectivity index (χ0) is 51.8. The zero-order valence-corrected chi connectivity index (χ0v) is 45.1. The molecule has 11 nitrogen and oxygen atoms in total. The second-order valence-corrected chi connectivity index (χ2v) is 19.6. The molecule has 71 heavy (non-hydrogen) atoms. The van der Waals surface area contributed by atoms with E-state index in [4.69, 9.17) is 14.2 Å². The van der Waals surface area contributed by atoms with Crippen LogP contribution in [-0.2, 0) is 23.8 Å². The fraction of sp³-hybridized carbons (Fsp3) is 0.767. The summed E-state index contributed by atoms with van der Waals surface area (Å²) in [5.74, 6) is -1.23. The Morgan fingerprint density at radius 2 is 1.01 bits per heavy atom. The number of aliphatic hydroxyl groups excluding tert-OH is 5. The van der Waals surface area contributed by atoms with Crippen molar-refractivity contribution < 1.29 is 49.3 Å². The maximum Gasteiger partial charge on any atom is 0.306 e. The largest absolute Gasteiger partial charge is 0.454 e. The highest BCUT2D eigenvalue weighted by atomic mass is 16.7. The molecule has 1 saturated heterocycles. The highest BCUT2D eigenvalue weighted by Gasteiger charge is 2.47. The number of esters is 1. The third kappa shape index (κ3) is 36.6. The number of hydrogen-bond donors (Lipinski definition) is 6. The topological polar surface area (TPSA) is 175 Å². The van der Waals surface area contributed by atoms with Crippen LogP contribution in [0.1, 0.15) is 233 Å². The Morgan fingerprint density at radius 1 is 0.563 bits per heavy atom. The molecule has 1 amide bonds. The summed E-state index contributed by atoms with van der Waals surface area (Å²) in [5.41, 5.74) is 0. The van der Waals surface area contributed by atoms with Crippen LogP contribution in [-0.4, -0.2) is 99.6 Å². The molecular formula is C60H105NO10. The van der Waals surface area contributed by atoms with Gasteiger partial charge in [-0.05, 0) is 89.9 Å². The molecule has 8 atom stereocenters. The lowest BCUT2D eigenvalue weighted by Crippen LogP contribution is -2.61. The van der Waals surface area contributed by atoms with E-state index in [1.807, 2.05) is 6.08 Å². The molecule has 11 heteroatoms. The van der Waals surface area contributed by atoms with Crippen LogP contribution in [0, 0.1) is 0 Å². The number of carbonyl (C=O) groups is 2. The van der Waals surface area contributed by atoms with Gasteiger partial charge in [0.2, 0.25) is 5.91 Å². The van der Waals surface area contributed by atoms with Crippen LogP contribution in [0.25, 0.3) is 0 Å². The van der Waals surface area contributed by atoms with Crippen LogP contribution >= 0.6 is 0 Å². The smallest absolute Gasteiger partial charge is 0.306 e. The summed E-state index contributed by atoms with van der Waals surface area (Å²) in [4.78, 5) is 26.4. The number of amides is 1. The van der Waals surface area contributed by atoms with Gasteiger partial charge in [-0.25, -0.2) is 0 Å². The first-order chi connectivity index (χ1) is 34.7. The molecular weight excluding hydrogens is 895 g/mol. The van der Waals surface area contributed by atoms with Crippen LogP contribution in [0.2, 0.25) is 0 Å². The molecule has 8 unspecified atom stereocenters. The number of nitrogens with one attached hydrogen (secondary N) is 1. The van der Waals surface area contributed by atoms with Gasteiger partial charge in [-0.15, -0.1) is 0 Å². The molecule has 1 aliphatic rings. The summed E-state index contributed by atoms with van der Waals surface area (Å²) >= 11 is 0. The Bertz CT molecular complexity index is 1430. The first kappa shape index (κ1) is 66.1. The summed E-state index contributed by atoms with van der Waals surface area (Å²) in [5, 5.41) is 56.8. The van der Waals surface area contributed by atoms with E-state index in [9.17, 15) is 35.1 Å². The molecule has 6 N–H and O–H groups in total. The van der Waals surface area contributed by atoms with Crippen LogP contribution in [0.5, 0.6) is 0 Å². The molecule has 1 rings (SSSR count). The fourth-order valence-electron chi connectivity index (χ4n) is 8.52. The average molecular weight is 1000 g/mol. The average Bonchev–Trinajstić information content (AvgIpc) is 3.37. The number of unbranched alkanes of at least 4 members (excludes halogenated alkanes) is 23. The quantitative estimate of drug-likeness (QED) is 0.0196. The zero-order valence-electron chi connectivity index (χ0n) is 45.1. The molecule has 0 spiro atoms. The summed E-state index contributed by atoms with van der Waals surface area (Å²) in [6.07, 6.45) is 49.4. The number of hydrogen-bond acceptors (Lipinski definition) is 10. The summed E-state index contributed by atoms with van der Waals surface area (Å²) < 4.78 is 17.5. The summed E-state index contributed by atoms with van der Waals surface area (Å²) in [7, 11) is 0. The first-order valence-electron chi connectivity index (χ1n) is 28.7. The standard InChI is InChI=1S/C60H105NO10/c1-4-7-10-13-16-19-22-25-27-28-29-32-35-38-41-44-47-53(64)59(68)61-51(52(63)46-43-40-37-34-31-24-21-18-15-12-9-6-3)50-69-60-58(57(67)56(66)54(49-62)70-60)71-55(65)48-45-42-39-36-33-30-26-23-20-17-14-11-8-5-2/h8,11,16-17,19-20,25,27,29,32,43,46,51-54,56-58,60,62-64,66-67H,4-7,9-10,12-15,18,21-24,26,28,30-31,33-42,44-45,47-50H2,1-3H3,(H,61,68)/b11-8+,19-16-,20-17+,27-25-,32-29-,46-43+. The van der Waals surface area contributed by atoms with Gasteiger partial charge in [-0.1, -0.05) is 209 Å². The molecule has 1 fully saturated rings. The minimum Gasteiger partial charge on any atom is -0.454 e. The van der Waals surface area contributed by atoms with E-state index in [-0.39, 0.29) is 19.4 Å². The van der Waals surface area contributed by atoms with Crippen molar-refractivity contribution in [3.8, 4) is 0 Å². The Morgan fingerprint density at radius 3 is 1.55 bits per heavy atom. The van der Waals surface area contributed by atoms with Crippen molar-refractivity contribution in [1.82, 2.24) is 5.32 Å². The summed E-state index contributed by atoms with van der Waals surface area (Å²) in [6, 6.07) is -1.04. The molecule has 0 aromatic rings. The second-order valence-electron chi connectivity index (χ2n) is 19.6. The predicted octanol–water partition coefficient (Wildman–Crippen LogP) is 12.8. The van der Waals surface area contributed by atoms with Gasteiger partial charge in [-0.2, -0.15) is 0 Å². The molecule has 1 heterocycles. The highest BCUT2D eigenvalue weighted by Crippen LogP contribution is 2.26. The van der Waals surface area contributed by atoms with Crippen LogP contribution < -0.4 is 5.32 Å². The van der Waals surface area contributed by atoms with E-state index >= 15 is 0 Å². The number of carbonyl (C=O) groups excluding carboxylic acids is 2. The Labute approximate surface area is 432 Å². The molecule has 410 valence electrons. The van der Waals surface area contributed by atoms with Gasteiger partial charge in [0.1, 0.15) is 24.4 Å². The lowest BCUT2D eigenvalue weighted by atomic mass is 9.99. The van der Waals surface area contributed by atoms with Crippen molar-refractivity contribution in [2.75, 3.05) is 13.2 Å². The Balaban J connectivity index is 2.76. The molecule has 0 bridgehead atoms. The van der Waals surface area contributed by atoms with E-state index in [0.717, 1.165) is 109 Å². The van der Waals surface area contributed by atoms with E-state index in [2.05, 4.69) is 86.8 Å². The van der Waals surface area contributed by atoms with Crippen molar-refractivity contribution in [3.05, 3.63) is 72.9 Å². The van der Waals surface area contributed by atoms with Crippen LogP contribution in [0.3, 0.4) is 0 Å². The SMILES string of the molecule is CC/C=C/C/C=C/CCCCCCCCCC(=O)OC1C(OCC(NC(=O)C(O)CCCCC/C=C\C/C=C\C/C=C\CCCCC)C(O)/C=C/CCCCCCCCCCCC)OC(CO)C(O)C1O. The molecule has 0 radical (unpaired) electrons. The summed E-state index contributed by atoms with van der Waals surface area (Å²) in [6.45, 7) is 5.61. The number of ether oxygens (including phenoxy) is 3. The third-order valence-corrected chi connectivity index (χ3v) is 13.1. The lowest BCUT2D eigenvalue weighted by molar-refractivity contribution is -0.305. The van der Waals surface area contributed by atoms with Gasteiger partial charge in [0.05, 0.1) is 25.4 Å².